The van der Waals surface area contributed by atoms with Crippen molar-refractivity contribution in [3.8, 4) is 0 Å². The van der Waals surface area contributed by atoms with E-state index in [0.29, 0.717) is 0 Å². The molecule has 0 nitrogen and oxygen atoms in total. The molecule has 0 amide bonds. The Labute approximate surface area is 117 Å². The van der Waals surface area contributed by atoms with Crippen LogP contribution in [0, 0.1) is 23.7 Å². The smallest absolute Gasteiger partial charge is 0.0414 e. The number of unbranched alkanes of at least 4 members (excludes halogenated alkanes) is 1. The van der Waals surface area contributed by atoms with Crippen molar-refractivity contribution >= 4 is 0 Å². The average molecular weight is 255 g/mol. The second-order valence-corrected chi connectivity index (χ2v) is 6.88. The van der Waals surface area contributed by atoms with E-state index in [-0.39, 0.29) is 0 Å². The Morgan fingerprint density at radius 1 is 0.667 bits per heavy atom. The summed E-state index contributed by atoms with van der Waals surface area (Å²) < 4.78 is 0. The molecule has 0 radical (unpaired) electrons. The molecule has 0 fully saturated rings. The lowest BCUT2D eigenvalue weighted by Crippen LogP contribution is -2.12. The molecular formula is C18H38. The highest BCUT2D eigenvalue weighted by Crippen LogP contribution is 2.26. The van der Waals surface area contributed by atoms with Gasteiger partial charge in [0.15, 0.2) is 0 Å². The summed E-state index contributed by atoms with van der Waals surface area (Å²) in [5.74, 6) is 3.69. The molecule has 0 spiro atoms. The molecule has 0 saturated heterocycles. The third-order valence-electron chi connectivity index (χ3n) is 4.83. The topological polar surface area (TPSA) is 0 Å². The average Bonchev–Trinajstić information content (AvgIpc) is 2.34. The largest absolute Gasteiger partial charge is 0.0654 e. The summed E-state index contributed by atoms with van der Waals surface area (Å²) in [4.78, 5) is 0. The van der Waals surface area contributed by atoms with Crippen LogP contribution in [0.25, 0.3) is 0 Å². The van der Waals surface area contributed by atoms with Crippen molar-refractivity contribution in [3.63, 3.8) is 0 Å². The van der Waals surface area contributed by atoms with E-state index < -0.39 is 0 Å². The highest BCUT2D eigenvalue weighted by atomic mass is 14.2. The van der Waals surface area contributed by atoms with Crippen LogP contribution in [0.15, 0.2) is 0 Å². The van der Waals surface area contributed by atoms with E-state index in [9.17, 15) is 0 Å². The van der Waals surface area contributed by atoms with Gasteiger partial charge in [-0.2, -0.15) is 0 Å². The Morgan fingerprint density at radius 2 is 1.28 bits per heavy atom. The Bertz CT molecular complexity index is 173. The molecule has 110 valence electrons. The SMILES string of the molecule is CCCC(C)CC(C)C(C)CCCCC(C)CC. The molecule has 0 aliphatic heterocycles. The first-order valence-electron chi connectivity index (χ1n) is 8.51. The van der Waals surface area contributed by atoms with Crippen molar-refractivity contribution in [3.05, 3.63) is 0 Å². The van der Waals surface area contributed by atoms with Gasteiger partial charge in [-0.25, -0.2) is 0 Å². The predicted octanol–water partition coefficient (Wildman–Crippen LogP) is 6.69. The van der Waals surface area contributed by atoms with Crippen LogP contribution in [0.4, 0.5) is 0 Å². The maximum Gasteiger partial charge on any atom is -0.0414 e. The van der Waals surface area contributed by atoms with Crippen LogP contribution in [0.5, 0.6) is 0 Å². The lowest BCUT2D eigenvalue weighted by atomic mass is 9.83. The Morgan fingerprint density at radius 3 is 1.83 bits per heavy atom. The highest BCUT2D eigenvalue weighted by Gasteiger charge is 2.15. The van der Waals surface area contributed by atoms with Gasteiger partial charge in [-0.05, 0) is 30.1 Å². The van der Waals surface area contributed by atoms with Gasteiger partial charge in [-0.1, -0.05) is 86.5 Å². The molecule has 0 rings (SSSR count). The van der Waals surface area contributed by atoms with E-state index in [1.165, 1.54) is 51.4 Å². The predicted molar refractivity (Wildman–Crippen MR) is 84.9 cm³/mol. The first kappa shape index (κ1) is 18.0. The highest BCUT2D eigenvalue weighted by molar-refractivity contribution is 4.66. The molecule has 4 atom stereocenters. The van der Waals surface area contributed by atoms with Crippen molar-refractivity contribution in [2.24, 2.45) is 23.7 Å². The Hall–Kier alpha value is 0. The summed E-state index contributed by atoms with van der Waals surface area (Å²) in [6.07, 6.45) is 11.3. The Kier molecular flexibility index (Phi) is 10.9. The molecule has 18 heavy (non-hydrogen) atoms. The molecule has 0 aliphatic carbocycles. The van der Waals surface area contributed by atoms with Crippen LogP contribution in [0.3, 0.4) is 0 Å². The summed E-state index contributed by atoms with van der Waals surface area (Å²) in [5, 5.41) is 0. The van der Waals surface area contributed by atoms with Crippen LogP contribution >= 0.6 is 0 Å². The van der Waals surface area contributed by atoms with E-state index in [4.69, 9.17) is 0 Å². The van der Waals surface area contributed by atoms with Gasteiger partial charge >= 0.3 is 0 Å². The van der Waals surface area contributed by atoms with E-state index in [1.807, 2.05) is 0 Å². The molecule has 0 aromatic rings. The zero-order chi connectivity index (χ0) is 14.0. The van der Waals surface area contributed by atoms with Gasteiger partial charge in [0.1, 0.15) is 0 Å². The summed E-state index contributed by atoms with van der Waals surface area (Å²) in [6.45, 7) is 14.4. The van der Waals surface area contributed by atoms with Crippen LogP contribution in [-0.2, 0) is 0 Å². The molecule has 0 aromatic carbocycles. The third-order valence-corrected chi connectivity index (χ3v) is 4.83. The van der Waals surface area contributed by atoms with Gasteiger partial charge in [-0.15, -0.1) is 0 Å². The van der Waals surface area contributed by atoms with Crippen molar-refractivity contribution < 1.29 is 0 Å². The zero-order valence-electron chi connectivity index (χ0n) is 14.0. The summed E-state index contributed by atoms with van der Waals surface area (Å²) in [5.41, 5.74) is 0. The van der Waals surface area contributed by atoms with Gasteiger partial charge in [0.2, 0.25) is 0 Å². The van der Waals surface area contributed by atoms with Crippen molar-refractivity contribution in [1.29, 1.82) is 0 Å². The van der Waals surface area contributed by atoms with Crippen LogP contribution in [0.1, 0.15) is 92.9 Å². The Balaban J connectivity index is 3.64. The molecule has 0 saturated carbocycles. The van der Waals surface area contributed by atoms with Gasteiger partial charge in [0.25, 0.3) is 0 Å². The van der Waals surface area contributed by atoms with Crippen LogP contribution in [-0.4, -0.2) is 0 Å². The number of rotatable bonds is 11. The molecule has 4 unspecified atom stereocenters. The third kappa shape index (κ3) is 9.00. The van der Waals surface area contributed by atoms with Crippen molar-refractivity contribution in [2.45, 2.75) is 92.9 Å². The number of hydrogen-bond donors (Lipinski definition) is 0. The molecule has 0 aliphatic rings. The minimum absolute atomic E-state index is 0.912. The summed E-state index contributed by atoms with van der Waals surface area (Å²) >= 11 is 0. The standard InChI is InChI=1S/C18H38/c1-7-11-16(4)14-18(6)17(5)13-10-9-12-15(3)8-2/h15-18H,7-14H2,1-6H3. The molecule has 0 heteroatoms. The van der Waals surface area contributed by atoms with Crippen LogP contribution in [0.2, 0.25) is 0 Å². The molecule has 0 bridgehead atoms. The maximum atomic E-state index is 2.46. The van der Waals surface area contributed by atoms with E-state index in [1.54, 1.807) is 0 Å². The maximum absolute atomic E-state index is 2.46. The fourth-order valence-electron chi connectivity index (χ4n) is 2.93. The lowest BCUT2D eigenvalue weighted by molar-refractivity contribution is 0.283. The molecule has 0 N–H and O–H groups in total. The van der Waals surface area contributed by atoms with Gasteiger partial charge in [-0.3, -0.25) is 0 Å². The fourth-order valence-corrected chi connectivity index (χ4v) is 2.93. The monoisotopic (exact) mass is 254 g/mol. The second-order valence-electron chi connectivity index (χ2n) is 6.88. The van der Waals surface area contributed by atoms with Crippen LogP contribution < -0.4 is 0 Å². The van der Waals surface area contributed by atoms with Gasteiger partial charge in [0.05, 0.1) is 0 Å². The molecular weight excluding hydrogens is 216 g/mol. The van der Waals surface area contributed by atoms with Crippen molar-refractivity contribution in [1.82, 2.24) is 0 Å². The van der Waals surface area contributed by atoms with Crippen molar-refractivity contribution in [2.75, 3.05) is 0 Å². The zero-order valence-corrected chi connectivity index (χ0v) is 14.0. The second kappa shape index (κ2) is 10.9. The molecule has 0 heterocycles. The lowest BCUT2D eigenvalue weighted by Gasteiger charge is -2.23. The van der Waals surface area contributed by atoms with E-state index in [0.717, 1.165) is 23.7 Å². The first-order chi connectivity index (χ1) is 8.51. The number of hydrogen-bond acceptors (Lipinski definition) is 0. The quantitative estimate of drug-likeness (QED) is 0.360. The summed E-state index contributed by atoms with van der Waals surface area (Å²) in [7, 11) is 0. The minimum atomic E-state index is 0.912. The van der Waals surface area contributed by atoms with Gasteiger partial charge < -0.3 is 0 Å². The van der Waals surface area contributed by atoms with E-state index in [2.05, 4.69) is 41.5 Å². The first-order valence-corrected chi connectivity index (χ1v) is 8.51. The minimum Gasteiger partial charge on any atom is -0.0654 e. The fraction of sp³-hybridized carbons (Fsp3) is 1.00. The normalized spacial score (nSPS) is 18.3. The van der Waals surface area contributed by atoms with E-state index >= 15 is 0 Å². The van der Waals surface area contributed by atoms with Gasteiger partial charge in [0, 0.05) is 0 Å². The molecule has 0 aromatic heterocycles. The summed E-state index contributed by atoms with van der Waals surface area (Å²) in [6, 6.07) is 0.